The number of carboxylic acids is 1. The molecule has 1 rings (SSSR count). The van der Waals surface area contributed by atoms with Gasteiger partial charge in [0.15, 0.2) is 0 Å². The minimum absolute atomic E-state index is 0.0523. The Bertz CT molecular complexity index is 299. The molecular weight excluding hydrogens is 244 g/mol. The SMILES string of the molecule is CC(C)N(CC(=O)O)CC(=O)NCC1CCCCC1. The second-order valence-corrected chi connectivity index (χ2v) is 5.70. The molecule has 5 nitrogen and oxygen atoms in total. The van der Waals surface area contributed by atoms with E-state index in [2.05, 4.69) is 5.32 Å². The van der Waals surface area contributed by atoms with Crippen molar-refractivity contribution in [3.63, 3.8) is 0 Å². The summed E-state index contributed by atoms with van der Waals surface area (Å²) in [4.78, 5) is 24.2. The highest BCUT2D eigenvalue weighted by Crippen LogP contribution is 2.22. The summed E-state index contributed by atoms with van der Waals surface area (Å²) in [7, 11) is 0. The number of carboxylic acid groups (broad SMARTS) is 1. The van der Waals surface area contributed by atoms with Gasteiger partial charge in [-0.3, -0.25) is 14.5 Å². The number of amides is 1. The Morgan fingerprint density at radius 1 is 1.21 bits per heavy atom. The van der Waals surface area contributed by atoms with Gasteiger partial charge >= 0.3 is 5.97 Å². The second-order valence-electron chi connectivity index (χ2n) is 5.70. The number of carbonyl (C=O) groups is 2. The highest BCUT2D eigenvalue weighted by atomic mass is 16.4. The lowest BCUT2D eigenvalue weighted by Crippen LogP contribution is -2.44. The quantitative estimate of drug-likeness (QED) is 0.735. The fraction of sp³-hybridized carbons (Fsp3) is 0.857. The van der Waals surface area contributed by atoms with Crippen molar-refractivity contribution in [2.75, 3.05) is 19.6 Å². The zero-order valence-corrected chi connectivity index (χ0v) is 12.0. The molecule has 1 aliphatic rings. The average Bonchev–Trinajstić information content (AvgIpc) is 2.36. The molecule has 0 aliphatic heterocycles. The molecular formula is C14H26N2O3. The summed E-state index contributed by atoms with van der Waals surface area (Å²) >= 11 is 0. The molecule has 1 amide bonds. The van der Waals surface area contributed by atoms with Crippen molar-refractivity contribution in [3.8, 4) is 0 Å². The van der Waals surface area contributed by atoms with E-state index in [1.807, 2.05) is 13.8 Å². The highest BCUT2D eigenvalue weighted by molar-refractivity contribution is 5.79. The van der Waals surface area contributed by atoms with Crippen LogP contribution in [0.15, 0.2) is 0 Å². The van der Waals surface area contributed by atoms with Crippen LogP contribution >= 0.6 is 0 Å². The summed E-state index contributed by atoms with van der Waals surface area (Å²) in [6.07, 6.45) is 6.23. The zero-order valence-electron chi connectivity index (χ0n) is 12.0. The summed E-state index contributed by atoms with van der Waals surface area (Å²) in [5.74, 6) is -0.362. The summed E-state index contributed by atoms with van der Waals surface area (Å²) in [5, 5.41) is 11.7. The topological polar surface area (TPSA) is 69.6 Å². The minimum Gasteiger partial charge on any atom is -0.480 e. The number of rotatable bonds is 7. The predicted octanol–water partition coefficient (Wildman–Crippen LogP) is 1.48. The van der Waals surface area contributed by atoms with Crippen LogP contribution in [0.1, 0.15) is 46.0 Å². The smallest absolute Gasteiger partial charge is 0.317 e. The first-order valence-electron chi connectivity index (χ1n) is 7.21. The van der Waals surface area contributed by atoms with Crippen molar-refractivity contribution in [1.29, 1.82) is 0 Å². The van der Waals surface area contributed by atoms with Crippen LogP contribution in [-0.2, 0) is 9.59 Å². The molecule has 0 atom stereocenters. The third-order valence-electron chi connectivity index (χ3n) is 3.73. The monoisotopic (exact) mass is 270 g/mol. The van der Waals surface area contributed by atoms with Crippen LogP contribution in [0.4, 0.5) is 0 Å². The van der Waals surface area contributed by atoms with Gasteiger partial charge < -0.3 is 10.4 Å². The fourth-order valence-electron chi connectivity index (χ4n) is 2.48. The Kier molecular flexibility index (Phi) is 6.84. The Morgan fingerprint density at radius 2 is 1.84 bits per heavy atom. The molecule has 1 aliphatic carbocycles. The molecule has 1 fully saturated rings. The van der Waals surface area contributed by atoms with E-state index in [1.54, 1.807) is 4.90 Å². The number of hydrogen-bond donors (Lipinski definition) is 2. The van der Waals surface area contributed by atoms with E-state index in [0.717, 1.165) is 6.54 Å². The third kappa shape index (κ3) is 6.57. The molecule has 0 radical (unpaired) electrons. The zero-order chi connectivity index (χ0) is 14.3. The molecule has 110 valence electrons. The van der Waals surface area contributed by atoms with E-state index in [1.165, 1.54) is 32.1 Å². The lowest BCUT2D eigenvalue weighted by molar-refractivity contribution is -0.139. The van der Waals surface area contributed by atoms with Crippen molar-refractivity contribution < 1.29 is 14.7 Å². The normalized spacial score (nSPS) is 16.8. The Labute approximate surface area is 115 Å². The molecule has 0 unspecified atom stereocenters. The molecule has 19 heavy (non-hydrogen) atoms. The summed E-state index contributed by atoms with van der Waals surface area (Å²) in [6, 6.07) is 0.0523. The maximum atomic E-state index is 11.8. The predicted molar refractivity (Wildman–Crippen MR) is 73.9 cm³/mol. The Hall–Kier alpha value is -1.10. The summed E-state index contributed by atoms with van der Waals surface area (Å²) in [6.45, 7) is 4.61. The highest BCUT2D eigenvalue weighted by Gasteiger charge is 2.18. The molecule has 0 spiro atoms. The van der Waals surface area contributed by atoms with E-state index >= 15 is 0 Å². The van der Waals surface area contributed by atoms with Gasteiger partial charge in [0.25, 0.3) is 0 Å². The van der Waals surface area contributed by atoms with Crippen LogP contribution in [-0.4, -0.2) is 47.6 Å². The first kappa shape index (κ1) is 16.0. The van der Waals surface area contributed by atoms with E-state index in [0.29, 0.717) is 5.92 Å². The Balaban J connectivity index is 2.29. The lowest BCUT2D eigenvalue weighted by atomic mass is 9.89. The van der Waals surface area contributed by atoms with E-state index in [-0.39, 0.29) is 25.0 Å². The standard InChI is InChI=1S/C14H26N2O3/c1-11(2)16(10-14(18)19)9-13(17)15-8-12-6-4-3-5-7-12/h11-12H,3-10H2,1-2H3,(H,15,17)(H,18,19). The van der Waals surface area contributed by atoms with Crippen LogP contribution in [0.5, 0.6) is 0 Å². The van der Waals surface area contributed by atoms with Crippen LogP contribution < -0.4 is 5.32 Å². The van der Waals surface area contributed by atoms with Crippen LogP contribution in [0, 0.1) is 5.92 Å². The van der Waals surface area contributed by atoms with Crippen LogP contribution in [0.25, 0.3) is 0 Å². The van der Waals surface area contributed by atoms with Crippen LogP contribution in [0.2, 0.25) is 0 Å². The van der Waals surface area contributed by atoms with Gasteiger partial charge in [0.2, 0.25) is 5.91 Å². The van der Waals surface area contributed by atoms with Crippen molar-refractivity contribution in [2.45, 2.75) is 52.0 Å². The first-order valence-corrected chi connectivity index (χ1v) is 7.21. The summed E-state index contributed by atoms with van der Waals surface area (Å²) in [5.41, 5.74) is 0. The third-order valence-corrected chi connectivity index (χ3v) is 3.73. The van der Waals surface area contributed by atoms with Gasteiger partial charge in [0.1, 0.15) is 0 Å². The average molecular weight is 270 g/mol. The van der Waals surface area contributed by atoms with Gasteiger partial charge in [-0.1, -0.05) is 19.3 Å². The molecule has 0 aromatic rings. The lowest BCUT2D eigenvalue weighted by Gasteiger charge is -2.25. The first-order chi connectivity index (χ1) is 8.99. The number of nitrogens with one attached hydrogen (secondary N) is 1. The van der Waals surface area contributed by atoms with Gasteiger partial charge in [-0.25, -0.2) is 0 Å². The van der Waals surface area contributed by atoms with Crippen LogP contribution in [0.3, 0.4) is 0 Å². The maximum absolute atomic E-state index is 11.8. The van der Waals surface area contributed by atoms with Crippen molar-refractivity contribution in [1.82, 2.24) is 10.2 Å². The summed E-state index contributed by atoms with van der Waals surface area (Å²) < 4.78 is 0. The maximum Gasteiger partial charge on any atom is 0.317 e. The molecule has 0 bridgehead atoms. The van der Waals surface area contributed by atoms with E-state index in [9.17, 15) is 9.59 Å². The molecule has 1 saturated carbocycles. The van der Waals surface area contributed by atoms with Gasteiger partial charge in [-0.2, -0.15) is 0 Å². The number of nitrogens with zero attached hydrogens (tertiary/aromatic N) is 1. The van der Waals surface area contributed by atoms with Gasteiger partial charge in [-0.15, -0.1) is 0 Å². The molecule has 2 N–H and O–H groups in total. The number of hydrogen-bond acceptors (Lipinski definition) is 3. The van der Waals surface area contributed by atoms with E-state index in [4.69, 9.17) is 5.11 Å². The van der Waals surface area contributed by atoms with Gasteiger partial charge in [-0.05, 0) is 32.6 Å². The molecule has 0 heterocycles. The fourth-order valence-corrected chi connectivity index (χ4v) is 2.48. The molecule has 0 saturated heterocycles. The number of carbonyl (C=O) groups excluding carboxylic acids is 1. The molecule has 0 aromatic carbocycles. The van der Waals surface area contributed by atoms with Crippen molar-refractivity contribution in [2.24, 2.45) is 5.92 Å². The molecule has 0 aromatic heterocycles. The Morgan fingerprint density at radius 3 is 2.37 bits per heavy atom. The minimum atomic E-state index is -0.895. The molecule has 5 heteroatoms. The van der Waals surface area contributed by atoms with E-state index < -0.39 is 5.97 Å². The van der Waals surface area contributed by atoms with Gasteiger partial charge in [0, 0.05) is 12.6 Å². The second kappa shape index (κ2) is 8.15. The van der Waals surface area contributed by atoms with Gasteiger partial charge in [0.05, 0.1) is 13.1 Å². The van der Waals surface area contributed by atoms with Crippen molar-refractivity contribution >= 4 is 11.9 Å². The largest absolute Gasteiger partial charge is 0.480 e. The van der Waals surface area contributed by atoms with Crippen molar-refractivity contribution in [3.05, 3.63) is 0 Å². The number of aliphatic carboxylic acids is 1.